The van der Waals surface area contributed by atoms with Gasteiger partial charge in [0.15, 0.2) is 5.84 Å². The lowest BCUT2D eigenvalue weighted by atomic mass is 9.90. The molecule has 0 aliphatic carbocycles. The third kappa shape index (κ3) is 3.75. The lowest BCUT2D eigenvalue weighted by Crippen LogP contribution is -2.49. The van der Waals surface area contributed by atoms with Gasteiger partial charge in [0, 0.05) is 13.2 Å². The predicted molar refractivity (Wildman–Crippen MR) is 56.7 cm³/mol. The number of ether oxygens (including phenoxy) is 1. The summed E-state index contributed by atoms with van der Waals surface area (Å²) in [6.07, 6.45) is 0. The second kappa shape index (κ2) is 5.55. The Balaban J connectivity index is 4.44. The molecule has 6 heteroatoms. The predicted octanol–water partition coefficient (Wildman–Crippen LogP) is -0.0899. The number of amides is 1. The summed E-state index contributed by atoms with van der Waals surface area (Å²) >= 11 is 0. The summed E-state index contributed by atoms with van der Waals surface area (Å²) in [6.45, 7) is 5.38. The van der Waals surface area contributed by atoms with Crippen LogP contribution in [0.2, 0.25) is 0 Å². The molecule has 0 fully saturated rings. The van der Waals surface area contributed by atoms with E-state index in [4.69, 9.17) is 15.7 Å². The van der Waals surface area contributed by atoms with E-state index in [2.05, 4.69) is 10.5 Å². The highest BCUT2D eigenvalue weighted by Crippen LogP contribution is 2.15. The Kier molecular flexibility index (Phi) is 5.07. The maximum absolute atomic E-state index is 11.7. The zero-order valence-electron chi connectivity index (χ0n) is 9.57. The van der Waals surface area contributed by atoms with E-state index >= 15 is 0 Å². The van der Waals surface area contributed by atoms with Crippen molar-refractivity contribution in [2.45, 2.75) is 26.8 Å². The van der Waals surface area contributed by atoms with Crippen LogP contribution < -0.4 is 11.1 Å². The molecule has 0 rings (SSSR count). The molecule has 0 bridgehead atoms. The number of nitrogens with one attached hydrogen (secondary N) is 1. The molecule has 6 nitrogen and oxygen atoms in total. The van der Waals surface area contributed by atoms with Gasteiger partial charge in [-0.2, -0.15) is 0 Å². The number of hydrogen-bond acceptors (Lipinski definition) is 4. The Morgan fingerprint density at radius 3 is 2.60 bits per heavy atom. The first kappa shape index (κ1) is 13.7. The number of hydrogen-bond donors (Lipinski definition) is 3. The van der Waals surface area contributed by atoms with Crippen molar-refractivity contribution in [1.29, 1.82) is 0 Å². The van der Waals surface area contributed by atoms with Crippen molar-refractivity contribution >= 4 is 11.7 Å². The van der Waals surface area contributed by atoms with Crippen LogP contribution in [0, 0.1) is 5.41 Å². The molecular weight excluding hydrogens is 198 g/mol. The van der Waals surface area contributed by atoms with Gasteiger partial charge in [-0.1, -0.05) is 5.16 Å². The standard InChI is InChI=1S/C9H19N3O3/c1-6(5-15-4)11-8(13)9(2,3)7(10)12-14/h6,14H,5H2,1-4H3,(H2,10,12)(H,11,13). The Morgan fingerprint density at radius 2 is 2.20 bits per heavy atom. The van der Waals surface area contributed by atoms with Crippen molar-refractivity contribution in [2.75, 3.05) is 13.7 Å². The van der Waals surface area contributed by atoms with Gasteiger partial charge in [-0.25, -0.2) is 0 Å². The number of rotatable bonds is 5. The van der Waals surface area contributed by atoms with Crippen LogP contribution in [0.5, 0.6) is 0 Å². The topological polar surface area (TPSA) is 96.9 Å². The summed E-state index contributed by atoms with van der Waals surface area (Å²) in [6, 6.07) is -0.117. The van der Waals surface area contributed by atoms with Crippen molar-refractivity contribution in [3.8, 4) is 0 Å². The Morgan fingerprint density at radius 1 is 1.67 bits per heavy atom. The van der Waals surface area contributed by atoms with Gasteiger partial charge in [-0.15, -0.1) is 0 Å². The van der Waals surface area contributed by atoms with E-state index in [1.165, 1.54) is 0 Å². The van der Waals surface area contributed by atoms with Crippen LogP contribution in [0.25, 0.3) is 0 Å². The van der Waals surface area contributed by atoms with Crippen LogP contribution in [-0.2, 0) is 9.53 Å². The Labute approximate surface area is 89.5 Å². The van der Waals surface area contributed by atoms with E-state index in [-0.39, 0.29) is 17.8 Å². The second-order valence-electron chi connectivity index (χ2n) is 3.94. The van der Waals surface area contributed by atoms with Gasteiger partial charge in [0.05, 0.1) is 6.61 Å². The average Bonchev–Trinajstić information content (AvgIpc) is 2.16. The summed E-state index contributed by atoms with van der Waals surface area (Å²) in [4.78, 5) is 11.7. The normalized spacial score (nSPS) is 14.8. The van der Waals surface area contributed by atoms with Gasteiger partial charge in [0.25, 0.3) is 0 Å². The second-order valence-corrected chi connectivity index (χ2v) is 3.94. The number of methoxy groups -OCH3 is 1. The molecule has 0 saturated heterocycles. The highest BCUT2D eigenvalue weighted by atomic mass is 16.5. The highest BCUT2D eigenvalue weighted by Gasteiger charge is 2.33. The quantitative estimate of drug-likeness (QED) is 0.259. The number of oxime groups is 1. The lowest BCUT2D eigenvalue weighted by Gasteiger charge is -2.24. The molecule has 0 aromatic rings. The third-order valence-electron chi connectivity index (χ3n) is 2.11. The lowest BCUT2D eigenvalue weighted by molar-refractivity contribution is -0.127. The van der Waals surface area contributed by atoms with Crippen LogP contribution in [0.1, 0.15) is 20.8 Å². The molecule has 0 aliphatic rings. The molecule has 1 unspecified atom stereocenters. The number of amidine groups is 1. The minimum atomic E-state index is -1.03. The fourth-order valence-corrected chi connectivity index (χ4v) is 0.937. The highest BCUT2D eigenvalue weighted by molar-refractivity contribution is 6.05. The largest absolute Gasteiger partial charge is 0.409 e. The van der Waals surface area contributed by atoms with Gasteiger partial charge in [-0.3, -0.25) is 4.79 Å². The Hall–Kier alpha value is -1.30. The minimum Gasteiger partial charge on any atom is -0.409 e. The van der Waals surface area contributed by atoms with Gasteiger partial charge in [-0.05, 0) is 20.8 Å². The summed E-state index contributed by atoms with van der Waals surface area (Å²) in [7, 11) is 1.55. The average molecular weight is 217 g/mol. The first-order chi connectivity index (χ1) is 6.86. The van der Waals surface area contributed by atoms with Crippen LogP contribution in [0.4, 0.5) is 0 Å². The van der Waals surface area contributed by atoms with Crippen LogP contribution >= 0.6 is 0 Å². The minimum absolute atomic E-state index is 0.117. The molecule has 1 atom stereocenters. The number of carbonyl (C=O) groups excluding carboxylic acids is 1. The van der Waals surface area contributed by atoms with Gasteiger partial charge in [0.2, 0.25) is 5.91 Å². The molecule has 0 heterocycles. The van der Waals surface area contributed by atoms with Crippen molar-refractivity contribution in [3.05, 3.63) is 0 Å². The van der Waals surface area contributed by atoms with Crippen molar-refractivity contribution in [3.63, 3.8) is 0 Å². The van der Waals surface area contributed by atoms with E-state index in [0.717, 1.165) is 0 Å². The van der Waals surface area contributed by atoms with Crippen molar-refractivity contribution in [1.82, 2.24) is 5.32 Å². The fourth-order valence-electron chi connectivity index (χ4n) is 0.937. The number of carbonyl (C=O) groups is 1. The van der Waals surface area contributed by atoms with Gasteiger partial charge >= 0.3 is 0 Å². The SMILES string of the molecule is COCC(C)NC(=O)C(C)(C)C(N)=NO. The summed E-state index contributed by atoms with van der Waals surface area (Å²) in [5.74, 6) is -0.424. The zero-order valence-corrected chi connectivity index (χ0v) is 9.57. The molecule has 0 aromatic heterocycles. The third-order valence-corrected chi connectivity index (χ3v) is 2.11. The Bertz CT molecular complexity index is 251. The van der Waals surface area contributed by atoms with Crippen molar-refractivity contribution in [2.24, 2.45) is 16.3 Å². The summed E-state index contributed by atoms with van der Waals surface area (Å²) in [5, 5.41) is 14.1. The molecule has 0 spiro atoms. The molecule has 15 heavy (non-hydrogen) atoms. The summed E-state index contributed by atoms with van der Waals surface area (Å²) in [5.41, 5.74) is 4.38. The van der Waals surface area contributed by atoms with Crippen LogP contribution in [0.15, 0.2) is 5.16 Å². The van der Waals surface area contributed by atoms with Gasteiger partial charge in [0.1, 0.15) is 5.41 Å². The first-order valence-corrected chi connectivity index (χ1v) is 4.64. The fraction of sp³-hybridized carbons (Fsp3) is 0.778. The zero-order chi connectivity index (χ0) is 12.1. The van der Waals surface area contributed by atoms with Crippen molar-refractivity contribution < 1.29 is 14.7 Å². The molecule has 0 aromatic carbocycles. The van der Waals surface area contributed by atoms with E-state index in [1.54, 1.807) is 21.0 Å². The summed E-state index contributed by atoms with van der Waals surface area (Å²) < 4.78 is 4.88. The number of nitrogens with two attached hydrogens (primary N) is 1. The van der Waals surface area contributed by atoms with E-state index in [9.17, 15) is 4.79 Å². The molecule has 1 amide bonds. The maximum Gasteiger partial charge on any atom is 0.233 e. The molecule has 4 N–H and O–H groups in total. The maximum atomic E-state index is 11.7. The number of nitrogens with zero attached hydrogens (tertiary/aromatic N) is 1. The van der Waals surface area contributed by atoms with Crippen LogP contribution in [-0.4, -0.2) is 36.7 Å². The molecular formula is C9H19N3O3. The van der Waals surface area contributed by atoms with E-state index in [1.807, 2.05) is 6.92 Å². The van der Waals surface area contributed by atoms with Gasteiger partial charge < -0.3 is 21.0 Å². The first-order valence-electron chi connectivity index (χ1n) is 4.64. The molecule has 0 radical (unpaired) electrons. The van der Waals surface area contributed by atoms with Crippen LogP contribution in [0.3, 0.4) is 0 Å². The van der Waals surface area contributed by atoms with E-state index < -0.39 is 5.41 Å². The monoisotopic (exact) mass is 217 g/mol. The smallest absolute Gasteiger partial charge is 0.233 e. The van der Waals surface area contributed by atoms with E-state index in [0.29, 0.717) is 6.61 Å². The molecule has 0 saturated carbocycles. The molecule has 88 valence electrons. The molecule has 0 aliphatic heterocycles.